The molecule has 0 radical (unpaired) electrons. The Bertz CT molecular complexity index is 850. The number of thiazole rings is 1. The molecular formula is C23H30BrNO3S. The van der Waals surface area contributed by atoms with Gasteiger partial charge in [-0.25, -0.2) is 4.79 Å². The molecule has 1 heterocycles. The van der Waals surface area contributed by atoms with E-state index in [9.17, 15) is 9.59 Å². The summed E-state index contributed by atoms with van der Waals surface area (Å²) in [6.45, 7) is 2.84. The van der Waals surface area contributed by atoms with Gasteiger partial charge in [-0.1, -0.05) is 65.1 Å². The van der Waals surface area contributed by atoms with Gasteiger partial charge in [-0.15, -0.1) is 0 Å². The number of benzene rings is 1. The summed E-state index contributed by atoms with van der Waals surface area (Å²) in [6, 6.07) is 8.46. The molecule has 3 rings (SSSR count). The maximum absolute atomic E-state index is 12.7. The van der Waals surface area contributed by atoms with Crippen LogP contribution in [0.2, 0.25) is 0 Å². The second kappa shape index (κ2) is 11.1. The first-order valence-electron chi connectivity index (χ1n) is 10.7. The molecule has 6 heteroatoms. The van der Waals surface area contributed by atoms with Gasteiger partial charge in [0.25, 0.3) is 0 Å². The van der Waals surface area contributed by atoms with Crippen LogP contribution in [0.4, 0.5) is 0 Å². The average Bonchev–Trinajstić information content (AvgIpc) is 3.06. The van der Waals surface area contributed by atoms with Crippen molar-refractivity contribution < 1.29 is 9.53 Å². The van der Waals surface area contributed by atoms with Crippen molar-refractivity contribution >= 4 is 33.2 Å². The third kappa shape index (κ3) is 6.05. The van der Waals surface area contributed by atoms with Gasteiger partial charge in [0.1, 0.15) is 4.88 Å². The fourth-order valence-electron chi connectivity index (χ4n) is 4.18. The van der Waals surface area contributed by atoms with Gasteiger partial charge < -0.3 is 9.30 Å². The van der Waals surface area contributed by atoms with Gasteiger partial charge in [0.05, 0.1) is 6.61 Å². The number of carbonyl (C=O) groups excluding carboxylic acids is 1. The van der Waals surface area contributed by atoms with Crippen LogP contribution in [-0.4, -0.2) is 17.1 Å². The fraction of sp³-hybridized carbons (Fsp3) is 0.565. The second-order valence-electron chi connectivity index (χ2n) is 7.73. The van der Waals surface area contributed by atoms with Crippen molar-refractivity contribution in [2.75, 3.05) is 6.61 Å². The van der Waals surface area contributed by atoms with Crippen molar-refractivity contribution in [1.82, 2.24) is 4.57 Å². The number of ether oxygens (including phenoxy) is 1. The van der Waals surface area contributed by atoms with Crippen LogP contribution in [0, 0.1) is 0 Å². The van der Waals surface area contributed by atoms with Crippen LogP contribution in [0.3, 0.4) is 0 Å². The van der Waals surface area contributed by atoms with E-state index < -0.39 is 0 Å². The molecule has 1 aromatic carbocycles. The number of aromatic nitrogens is 1. The first-order valence-corrected chi connectivity index (χ1v) is 12.4. The number of halogens is 1. The highest BCUT2D eigenvalue weighted by Gasteiger charge is 2.28. The summed E-state index contributed by atoms with van der Waals surface area (Å²) < 4.78 is 8.23. The molecule has 0 unspecified atom stereocenters. The predicted molar refractivity (Wildman–Crippen MR) is 122 cm³/mol. The van der Waals surface area contributed by atoms with E-state index in [0.29, 0.717) is 23.9 Å². The summed E-state index contributed by atoms with van der Waals surface area (Å²) in [5, 5.41) is 0. The summed E-state index contributed by atoms with van der Waals surface area (Å²) in [5.74, 6) is -0.0194. The van der Waals surface area contributed by atoms with Gasteiger partial charge in [0.2, 0.25) is 0 Å². The summed E-state index contributed by atoms with van der Waals surface area (Å²) >= 11 is 4.54. The molecule has 2 aromatic rings. The van der Waals surface area contributed by atoms with Crippen molar-refractivity contribution in [1.29, 1.82) is 0 Å². The third-order valence-corrected chi connectivity index (χ3v) is 7.15. The van der Waals surface area contributed by atoms with Crippen LogP contribution >= 0.6 is 27.3 Å². The Morgan fingerprint density at radius 1 is 1.14 bits per heavy atom. The van der Waals surface area contributed by atoms with Crippen molar-refractivity contribution in [3.63, 3.8) is 0 Å². The summed E-state index contributed by atoms with van der Waals surface area (Å²) in [4.78, 5) is 25.7. The van der Waals surface area contributed by atoms with Crippen LogP contribution in [0.25, 0.3) is 0 Å². The number of esters is 1. The van der Waals surface area contributed by atoms with Gasteiger partial charge in [-0.3, -0.25) is 4.79 Å². The minimum atomic E-state index is -0.329. The van der Waals surface area contributed by atoms with Crippen molar-refractivity contribution in [3.8, 4) is 0 Å². The Labute approximate surface area is 185 Å². The zero-order chi connectivity index (χ0) is 20.6. The van der Waals surface area contributed by atoms with Gasteiger partial charge in [0.15, 0.2) is 0 Å². The summed E-state index contributed by atoms with van der Waals surface area (Å²) in [7, 11) is 0. The smallest absolute Gasteiger partial charge is 0.350 e. The third-order valence-electron chi connectivity index (χ3n) is 5.65. The Balaban J connectivity index is 1.64. The maximum Gasteiger partial charge on any atom is 0.350 e. The van der Waals surface area contributed by atoms with Crippen LogP contribution in [-0.2, 0) is 17.7 Å². The SMILES string of the molecule is CCOC(=O)c1sc(=O)n(CCCCCc2ccc(Br)cc2)c1C1CCCCC1. The molecule has 1 fully saturated rings. The second-order valence-corrected chi connectivity index (χ2v) is 9.60. The quantitative estimate of drug-likeness (QED) is 0.312. The molecule has 29 heavy (non-hydrogen) atoms. The summed E-state index contributed by atoms with van der Waals surface area (Å²) in [5.41, 5.74) is 2.29. The lowest BCUT2D eigenvalue weighted by Gasteiger charge is -2.24. The van der Waals surface area contributed by atoms with Crippen molar-refractivity contribution in [2.24, 2.45) is 0 Å². The first-order chi connectivity index (χ1) is 14.1. The Morgan fingerprint density at radius 3 is 2.55 bits per heavy atom. The van der Waals surface area contributed by atoms with E-state index in [1.807, 2.05) is 11.5 Å². The van der Waals surface area contributed by atoms with Gasteiger partial charge in [-0.05, 0) is 56.7 Å². The first kappa shape index (κ1) is 22.3. The van der Waals surface area contributed by atoms with E-state index in [0.717, 1.165) is 60.0 Å². The van der Waals surface area contributed by atoms with Crippen molar-refractivity contribution in [2.45, 2.75) is 77.2 Å². The standard InChI is InChI=1S/C23H30BrNO3S/c1-2-28-22(26)21-20(18-10-6-3-7-11-18)25(23(27)29-21)16-8-4-5-9-17-12-14-19(24)15-13-17/h12-15,18H,2-11,16H2,1H3. The Morgan fingerprint density at radius 2 is 1.86 bits per heavy atom. The molecule has 1 aliphatic rings. The lowest BCUT2D eigenvalue weighted by molar-refractivity contribution is 0.0529. The monoisotopic (exact) mass is 479 g/mol. The largest absolute Gasteiger partial charge is 0.462 e. The molecule has 1 saturated carbocycles. The molecule has 0 saturated heterocycles. The minimum Gasteiger partial charge on any atom is -0.462 e. The molecule has 4 nitrogen and oxygen atoms in total. The topological polar surface area (TPSA) is 48.3 Å². The lowest BCUT2D eigenvalue weighted by Crippen LogP contribution is -2.21. The zero-order valence-electron chi connectivity index (χ0n) is 17.1. The molecule has 158 valence electrons. The number of aryl methyl sites for hydroxylation is 1. The zero-order valence-corrected chi connectivity index (χ0v) is 19.5. The highest BCUT2D eigenvalue weighted by molar-refractivity contribution is 9.10. The molecule has 0 amide bonds. The normalized spacial score (nSPS) is 14.8. The average molecular weight is 480 g/mol. The Hall–Kier alpha value is -1.40. The molecular weight excluding hydrogens is 450 g/mol. The Kier molecular flexibility index (Phi) is 8.54. The lowest BCUT2D eigenvalue weighted by atomic mass is 9.86. The maximum atomic E-state index is 12.7. The van der Waals surface area contributed by atoms with Gasteiger partial charge >= 0.3 is 10.8 Å². The molecule has 0 N–H and O–H groups in total. The number of hydrogen-bond donors (Lipinski definition) is 0. The van der Waals surface area contributed by atoms with Crippen LogP contribution in [0.5, 0.6) is 0 Å². The predicted octanol–water partition coefficient (Wildman–Crippen LogP) is 6.31. The molecule has 1 aromatic heterocycles. The van der Waals surface area contributed by atoms with E-state index >= 15 is 0 Å². The van der Waals surface area contributed by atoms with E-state index in [1.54, 1.807) is 0 Å². The minimum absolute atomic E-state index is 0.0125. The van der Waals surface area contributed by atoms with E-state index in [4.69, 9.17) is 4.74 Å². The number of hydrogen-bond acceptors (Lipinski definition) is 4. The molecule has 1 aliphatic carbocycles. The number of unbranched alkanes of at least 4 members (excludes halogenated alkanes) is 2. The highest BCUT2D eigenvalue weighted by atomic mass is 79.9. The van der Waals surface area contributed by atoms with Crippen LogP contribution in [0.15, 0.2) is 33.5 Å². The molecule has 0 spiro atoms. The van der Waals surface area contributed by atoms with Gasteiger partial charge in [-0.2, -0.15) is 0 Å². The summed E-state index contributed by atoms with van der Waals surface area (Å²) in [6.07, 6.45) is 9.88. The molecule has 0 bridgehead atoms. The fourth-order valence-corrected chi connectivity index (χ4v) is 5.44. The highest BCUT2D eigenvalue weighted by Crippen LogP contribution is 2.35. The molecule has 0 aliphatic heterocycles. The molecule has 0 atom stereocenters. The van der Waals surface area contributed by atoms with E-state index in [1.165, 1.54) is 24.8 Å². The van der Waals surface area contributed by atoms with E-state index in [-0.39, 0.29) is 10.8 Å². The number of carbonyl (C=O) groups is 1. The van der Waals surface area contributed by atoms with E-state index in [2.05, 4.69) is 40.2 Å². The number of rotatable bonds is 9. The van der Waals surface area contributed by atoms with Crippen LogP contribution < -0.4 is 4.87 Å². The van der Waals surface area contributed by atoms with Crippen LogP contribution in [0.1, 0.15) is 85.1 Å². The van der Waals surface area contributed by atoms with Gasteiger partial charge in [0, 0.05) is 22.6 Å². The number of nitrogens with zero attached hydrogens (tertiary/aromatic N) is 1. The van der Waals surface area contributed by atoms with Crippen molar-refractivity contribution in [3.05, 3.63) is 54.5 Å².